The van der Waals surface area contributed by atoms with Crippen LogP contribution in [0.3, 0.4) is 0 Å². The number of anilines is 1. The van der Waals surface area contributed by atoms with Gasteiger partial charge < -0.3 is 19.3 Å². The van der Waals surface area contributed by atoms with Gasteiger partial charge in [-0.25, -0.2) is 4.79 Å². The Morgan fingerprint density at radius 3 is 2.47 bits per heavy atom. The van der Waals surface area contributed by atoms with Crippen molar-refractivity contribution in [3.8, 4) is 16.9 Å². The van der Waals surface area contributed by atoms with Gasteiger partial charge in [0.15, 0.2) is 0 Å². The Hall–Kier alpha value is -5.04. The number of hydrogen-bond acceptors (Lipinski definition) is 4. The van der Waals surface area contributed by atoms with Crippen LogP contribution in [0.5, 0.6) is 5.75 Å². The molecule has 7 heteroatoms. The zero-order valence-corrected chi connectivity index (χ0v) is 25.9. The molecule has 0 fully saturated rings. The summed E-state index contributed by atoms with van der Waals surface area (Å²) >= 11 is 0. The summed E-state index contributed by atoms with van der Waals surface area (Å²) in [6, 6.07) is 31.1. The SMILES string of the molecule is Cc1nn(C)c2c1-c1cccc3c(CCCOc4cccc5ccccc45)c(C(=O)O)n(c13)CCCCN2Cc1ccccc1. The molecule has 1 N–H and O–H groups in total. The molecule has 1 aliphatic rings. The van der Waals surface area contributed by atoms with Gasteiger partial charge in [0, 0.05) is 48.6 Å². The Bertz CT molecular complexity index is 2000. The molecule has 45 heavy (non-hydrogen) atoms. The van der Waals surface area contributed by atoms with Crippen molar-refractivity contribution in [1.29, 1.82) is 0 Å². The Morgan fingerprint density at radius 2 is 1.62 bits per heavy atom. The summed E-state index contributed by atoms with van der Waals surface area (Å²) in [5, 5.41) is 18.7. The van der Waals surface area contributed by atoms with Gasteiger partial charge in [-0.2, -0.15) is 5.10 Å². The maximum Gasteiger partial charge on any atom is 0.352 e. The summed E-state index contributed by atoms with van der Waals surface area (Å²) in [4.78, 5) is 15.4. The molecule has 0 saturated heterocycles. The lowest BCUT2D eigenvalue weighted by atomic mass is 9.99. The minimum Gasteiger partial charge on any atom is -0.493 e. The van der Waals surface area contributed by atoms with E-state index in [1.807, 2.05) is 42.1 Å². The highest BCUT2D eigenvalue weighted by Gasteiger charge is 2.29. The molecule has 7 nitrogen and oxygen atoms in total. The average molecular weight is 599 g/mol. The minimum absolute atomic E-state index is 0.396. The number of hydrogen-bond donors (Lipinski definition) is 1. The van der Waals surface area contributed by atoms with Crippen molar-refractivity contribution < 1.29 is 14.6 Å². The van der Waals surface area contributed by atoms with Crippen LogP contribution >= 0.6 is 0 Å². The van der Waals surface area contributed by atoms with E-state index < -0.39 is 5.97 Å². The zero-order valence-electron chi connectivity index (χ0n) is 25.9. The first-order valence-electron chi connectivity index (χ1n) is 15.8. The van der Waals surface area contributed by atoms with E-state index in [9.17, 15) is 9.90 Å². The first-order chi connectivity index (χ1) is 22.0. The molecule has 0 radical (unpaired) electrons. The summed E-state index contributed by atoms with van der Waals surface area (Å²) in [6.45, 7) is 4.84. The molecule has 0 amide bonds. The number of carbonyl (C=O) groups is 1. The van der Waals surface area contributed by atoms with Crippen LogP contribution < -0.4 is 9.64 Å². The highest BCUT2D eigenvalue weighted by Crippen LogP contribution is 2.42. The second kappa shape index (κ2) is 12.2. The van der Waals surface area contributed by atoms with E-state index in [0.717, 1.165) is 81.6 Å². The molecule has 0 unspecified atom stereocenters. The Balaban J connectivity index is 1.28. The van der Waals surface area contributed by atoms with Crippen molar-refractivity contribution in [3.05, 3.63) is 114 Å². The number of rotatable bonds is 8. The number of carboxylic acids is 1. The molecule has 228 valence electrons. The fraction of sp³-hybridized carbons (Fsp3) is 0.263. The number of aryl methyl sites for hydroxylation is 4. The molecule has 0 spiro atoms. The van der Waals surface area contributed by atoms with Crippen LogP contribution in [0.4, 0.5) is 5.82 Å². The molecule has 1 aliphatic heterocycles. The van der Waals surface area contributed by atoms with E-state index in [4.69, 9.17) is 9.84 Å². The molecule has 7 rings (SSSR count). The van der Waals surface area contributed by atoms with Gasteiger partial charge >= 0.3 is 5.97 Å². The van der Waals surface area contributed by atoms with Crippen molar-refractivity contribution in [3.63, 3.8) is 0 Å². The molecular weight excluding hydrogens is 560 g/mol. The number of carboxylic acid groups (broad SMARTS) is 1. The summed E-state index contributed by atoms with van der Waals surface area (Å²) in [5.41, 5.74) is 6.56. The van der Waals surface area contributed by atoms with Crippen molar-refractivity contribution in [2.24, 2.45) is 7.05 Å². The molecule has 0 bridgehead atoms. The molecule has 6 aromatic rings. The Kier molecular flexibility index (Phi) is 7.76. The molecule has 0 aliphatic carbocycles. The number of para-hydroxylation sites is 1. The predicted molar refractivity (Wildman–Crippen MR) is 180 cm³/mol. The molecule has 4 aromatic carbocycles. The third kappa shape index (κ3) is 5.33. The smallest absolute Gasteiger partial charge is 0.352 e. The highest BCUT2D eigenvalue weighted by molar-refractivity contribution is 6.05. The fourth-order valence-electron chi connectivity index (χ4n) is 7.12. The molecule has 2 aromatic heterocycles. The zero-order chi connectivity index (χ0) is 30.9. The number of fused-ring (bicyclic) bond motifs is 3. The predicted octanol–water partition coefficient (Wildman–Crippen LogP) is 8.01. The maximum atomic E-state index is 13.0. The summed E-state index contributed by atoms with van der Waals surface area (Å²) in [7, 11) is 2.01. The largest absolute Gasteiger partial charge is 0.493 e. The van der Waals surface area contributed by atoms with Crippen molar-refractivity contribution in [1.82, 2.24) is 14.3 Å². The topological polar surface area (TPSA) is 72.5 Å². The van der Waals surface area contributed by atoms with Gasteiger partial charge in [0.1, 0.15) is 17.3 Å². The minimum atomic E-state index is -0.881. The van der Waals surface area contributed by atoms with Crippen LogP contribution in [0.1, 0.15) is 46.6 Å². The third-order valence-electron chi connectivity index (χ3n) is 9.00. The first kappa shape index (κ1) is 28.7. The van der Waals surface area contributed by atoms with Crippen molar-refractivity contribution in [2.45, 2.75) is 45.7 Å². The van der Waals surface area contributed by atoms with Gasteiger partial charge in [0.2, 0.25) is 0 Å². The lowest BCUT2D eigenvalue weighted by Gasteiger charge is -2.28. The van der Waals surface area contributed by atoms with E-state index in [0.29, 0.717) is 31.7 Å². The van der Waals surface area contributed by atoms with Crippen LogP contribution in [0.2, 0.25) is 0 Å². The van der Waals surface area contributed by atoms with Crippen LogP contribution in [-0.4, -0.2) is 38.6 Å². The van der Waals surface area contributed by atoms with Gasteiger partial charge in [0.05, 0.1) is 17.8 Å². The van der Waals surface area contributed by atoms with Crippen LogP contribution in [0.15, 0.2) is 91.0 Å². The van der Waals surface area contributed by atoms with Gasteiger partial charge in [0.25, 0.3) is 0 Å². The monoisotopic (exact) mass is 598 g/mol. The second-order valence-electron chi connectivity index (χ2n) is 11.9. The first-order valence-corrected chi connectivity index (χ1v) is 15.8. The Labute approximate surface area is 263 Å². The summed E-state index contributed by atoms with van der Waals surface area (Å²) in [5.74, 6) is 1.04. The fourth-order valence-corrected chi connectivity index (χ4v) is 7.12. The highest BCUT2D eigenvalue weighted by atomic mass is 16.5. The van der Waals surface area contributed by atoms with Gasteiger partial charge in [-0.15, -0.1) is 0 Å². The summed E-state index contributed by atoms with van der Waals surface area (Å²) < 4.78 is 10.3. The summed E-state index contributed by atoms with van der Waals surface area (Å²) in [6.07, 6.45) is 3.12. The van der Waals surface area contributed by atoms with Gasteiger partial charge in [-0.1, -0.05) is 84.9 Å². The lowest BCUT2D eigenvalue weighted by molar-refractivity contribution is 0.0684. The molecule has 0 saturated carbocycles. The van der Waals surface area contributed by atoms with Gasteiger partial charge in [-0.3, -0.25) is 4.68 Å². The quantitative estimate of drug-likeness (QED) is 0.180. The van der Waals surface area contributed by atoms with Crippen LogP contribution in [0.25, 0.3) is 32.8 Å². The number of benzene rings is 4. The number of aromatic carboxylic acids is 1. The number of aromatic nitrogens is 3. The van der Waals surface area contributed by atoms with Crippen LogP contribution in [0, 0.1) is 6.92 Å². The van der Waals surface area contributed by atoms with Crippen molar-refractivity contribution >= 4 is 33.5 Å². The molecule has 3 heterocycles. The van der Waals surface area contributed by atoms with Crippen molar-refractivity contribution in [2.75, 3.05) is 18.1 Å². The van der Waals surface area contributed by atoms with E-state index in [2.05, 4.69) is 77.1 Å². The van der Waals surface area contributed by atoms with E-state index >= 15 is 0 Å². The normalized spacial score (nSPS) is 13.2. The number of ether oxygens (including phenoxy) is 1. The van der Waals surface area contributed by atoms with E-state index in [1.165, 1.54) is 5.56 Å². The average Bonchev–Trinajstić information content (AvgIpc) is 3.53. The Morgan fingerprint density at radius 1 is 0.889 bits per heavy atom. The maximum absolute atomic E-state index is 13.0. The van der Waals surface area contributed by atoms with Gasteiger partial charge in [-0.05, 0) is 55.2 Å². The third-order valence-corrected chi connectivity index (χ3v) is 9.00. The van der Waals surface area contributed by atoms with E-state index in [1.54, 1.807) is 0 Å². The molecule has 0 atom stereocenters. The number of nitrogens with zero attached hydrogens (tertiary/aromatic N) is 4. The lowest BCUT2D eigenvalue weighted by Crippen LogP contribution is -2.27. The van der Waals surface area contributed by atoms with E-state index in [-0.39, 0.29) is 0 Å². The second-order valence-corrected chi connectivity index (χ2v) is 11.9. The molecular formula is C38H38N4O3. The van der Waals surface area contributed by atoms with Crippen LogP contribution in [-0.2, 0) is 26.6 Å². The standard InChI is InChI=1S/C38H38N4O3/c1-26-34-32-19-11-18-30-31(20-12-24-45-33-21-10-16-28-15-6-7-17-29(28)33)36(38(43)44)42(35(30)32)23-9-8-22-41(37(34)40(2)39-26)25-27-13-4-3-5-14-27/h3-7,10-11,13-19,21H,8-9,12,20,22-25H2,1-2H3,(H,43,44).